The normalized spacial score (nSPS) is 14.7. The second-order valence-corrected chi connectivity index (χ2v) is 4.72. The van der Waals surface area contributed by atoms with Gasteiger partial charge in [-0.3, -0.25) is 9.59 Å². The van der Waals surface area contributed by atoms with Crippen molar-refractivity contribution in [3.63, 3.8) is 0 Å². The first-order valence-electron chi connectivity index (χ1n) is 5.93. The molecule has 0 N–H and O–H groups in total. The van der Waals surface area contributed by atoms with Gasteiger partial charge in [-0.15, -0.1) is 6.58 Å². The summed E-state index contributed by atoms with van der Waals surface area (Å²) in [5.41, 5.74) is -0.0643. The molecule has 1 heterocycles. The number of carbonyl (C=O) groups excluding carboxylic acids is 2. The number of benzene rings is 1. The topological polar surface area (TPSA) is 37.4 Å². The van der Waals surface area contributed by atoms with Crippen molar-refractivity contribution in [2.45, 2.75) is 19.5 Å². The highest BCUT2D eigenvalue weighted by molar-refractivity contribution is 6.52. The van der Waals surface area contributed by atoms with Crippen LogP contribution >= 0.6 is 0 Å². The van der Waals surface area contributed by atoms with E-state index >= 15 is 0 Å². The summed E-state index contributed by atoms with van der Waals surface area (Å²) in [7, 11) is 0. The number of Topliss-reactive ketones (excluding diaryl/α,β-unsaturated/α-hetero) is 1. The average Bonchev–Trinajstić information content (AvgIpc) is 2.58. The summed E-state index contributed by atoms with van der Waals surface area (Å²) in [5.74, 6) is -1.69. The van der Waals surface area contributed by atoms with Crippen molar-refractivity contribution >= 4 is 17.4 Å². The molecule has 0 saturated heterocycles. The van der Waals surface area contributed by atoms with E-state index in [-0.39, 0.29) is 17.8 Å². The molecule has 3 nitrogen and oxygen atoms in total. The van der Waals surface area contributed by atoms with Gasteiger partial charge in [-0.2, -0.15) is 13.2 Å². The fraction of sp³-hybridized carbons (Fsp3) is 0.286. The number of carbonyl (C=O) groups is 2. The molecule has 0 unspecified atom stereocenters. The summed E-state index contributed by atoms with van der Waals surface area (Å²) in [6.07, 6.45) is -4.05. The molecule has 0 radical (unpaired) electrons. The molecule has 0 aliphatic carbocycles. The SMILES string of the molecule is C=C(C)CCN1C(=O)C(=O)c2cc(C(F)(F)F)ccc21. The number of nitrogens with zero attached hydrogens (tertiary/aromatic N) is 1. The predicted molar refractivity (Wildman–Crippen MR) is 67.6 cm³/mol. The van der Waals surface area contributed by atoms with E-state index in [1.165, 1.54) is 11.0 Å². The number of hydrogen-bond acceptors (Lipinski definition) is 2. The lowest BCUT2D eigenvalue weighted by Gasteiger charge is -2.16. The number of fused-ring (bicyclic) bond motifs is 1. The van der Waals surface area contributed by atoms with Crippen molar-refractivity contribution in [1.82, 2.24) is 0 Å². The van der Waals surface area contributed by atoms with Gasteiger partial charge in [-0.1, -0.05) is 5.57 Å². The molecule has 1 aliphatic heterocycles. The Morgan fingerprint density at radius 2 is 1.95 bits per heavy atom. The Kier molecular flexibility index (Phi) is 3.41. The summed E-state index contributed by atoms with van der Waals surface area (Å²) < 4.78 is 37.8. The van der Waals surface area contributed by atoms with E-state index in [1.54, 1.807) is 6.92 Å². The zero-order valence-corrected chi connectivity index (χ0v) is 10.8. The highest BCUT2D eigenvalue weighted by Gasteiger charge is 2.38. The molecular formula is C14H12F3NO2. The maximum atomic E-state index is 12.6. The van der Waals surface area contributed by atoms with Gasteiger partial charge in [-0.05, 0) is 31.5 Å². The third kappa shape index (κ3) is 2.45. The van der Waals surface area contributed by atoms with E-state index in [1.807, 2.05) is 0 Å². The minimum absolute atomic E-state index is 0.188. The first-order chi connectivity index (χ1) is 9.21. The molecular weight excluding hydrogens is 271 g/mol. The van der Waals surface area contributed by atoms with Gasteiger partial charge in [0.2, 0.25) is 0 Å². The summed E-state index contributed by atoms with van der Waals surface area (Å²) in [5, 5.41) is 0. The van der Waals surface area contributed by atoms with E-state index in [4.69, 9.17) is 0 Å². The van der Waals surface area contributed by atoms with Gasteiger partial charge in [0.05, 0.1) is 16.8 Å². The molecule has 1 aromatic carbocycles. The van der Waals surface area contributed by atoms with Crippen LogP contribution in [-0.2, 0) is 11.0 Å². The highest BCUT2D eigenvalue weighted by atomic mass is 19.4. The Labute approximate surface area is 113 Å². The monoisotopic (exact) mass is 283 g/mol. The van der Waals surface area contributed by atoms with Crippen molar-refractivity contribution in [1.29, 1.82) is 0 Å². The van der Waals surface area contributed by atoms with Crippen LogP contribution in [0, 0.1) is 0 Å². The quantitative estimate of drug-likeness (QED) is 0.631. The maximum Gasteiger partial charge on any atom is 0.416 e. The zero-order chi connectivity index (χ0) is 15.1. The standard InChI is InChI=1S/C14H12F3NO2/c1-8(2)5-6-18-11-4-3-9(14(15,16)17)7-10(11)12(19)13(18)20/h3-4,7H,1,5-6H2,2H3. The van der Waals surface area contributed by atoms with Crippen molar-refractivity contribution < 1.29 is 22.8 Å². The number of hydrogen-bond donors (Lipinski definition) is 0. The number of anilines is 1. The minimum atomic E-state index is -4.54. The molecule has 0 atom stereocenters. The molecule has 106 valence electrons. The van der Waals surface area contributed by atoms with E-state index in [2.05, 4.69) is 6.58 Å². The summed E-state index contributed by atoms with van der Waals surface area (Å²) in [4.78, 5) is 24.8. The fourth-order valence-corrected chi connectivity index (χ4v) is 2.00. The first-order valence-corrected chi connectivity index (χ1v) is 5.93. The molecule has 0 fully saturated rings. The summed E-state index contributed by atoms with van der Waals surface area (Å²) in [6, 6.07) is 2.77. The van der Waals surface area contributed by atoms with Gasteiger partial charge in [-0.25, -0.2) is 0 Å². The molecule has 1 amide bonds. The summed E-state index contributed by atoms with van der Waals surface area (Å²) >= 11 is 0. The van der Waals surface area contributed by atoms with Crippen molar-refractivity contribution in [3.05, 3.63) is 41.5 Å². The van der Waals surface area contributed by atoms with Crippen LogP contribution in [0.2, 0.25) is 0 Å². The summed E-state index contributed by atoms with van der Waals surface area (Å²) in [6.45, 7) is 5.70. The lowest BCUT2D eigenvalue weighted by atomic mass is 10.1. The molecule has 6 heteroatoms. The van der Waals surface area contributed by atoms with Gasteiger partial charge >= 0.3 is 6.18 Å². The number of rotatable bonds is 3. The Morgan fingerprint density at radius 3 is 2.50 bits per heavy atom. The van der Waals surface area contributed by atoms with E-state index < -0.39 is 23.4 Å². The average molecular weight is 283 g/mol. The minimum Gasteiger partial charge on any atom is -0.304 e. The zero-order valence-electron chi connectivity index (χ0n) is 10.8. The Hall–Kier alpha value is -2.11. The first kappa shape index (κ1) is 14.3. The van der Waals surface area contributed by atoms with Crippen molar-refractivity contribution in [2.24, 2.45) is 0 Å². The number of halogens is 3. The highest BCUT2D eigenvalue weighted by Crippen LogP contribution is 2.36. The molecule has 0 saturated carbocycles. The largest absolute Gasteiger partial charge is 0.416 e. The van der Waals surface area contributed by atoms with E-state index in [0.717, 1.165) is 17.7 Å². The van der Waals surface area contributed by atoms with E-state index in [0.29, 0.717) is 6.42 Å². The third-order valence-electron chi connectivity index (χ3n) is 3.06. The van der Waals surface area contributed by atoms with Crippen LogP contribution in [0.3, 0.4) is 0 Å². The number of amides is 1. The third-order valence-corrected chi connectivity index (χ3v) is 3.06. The molecule has 0 aromatic heterocycles. The van der Waals surface area contributed by atoms with Crippen LogP contribution in [0.25, 0.3) is 0 Å². The fourth-order valence-electron chi connectivity index (χ4n) is 2.00. The van der Waals surface area contributed by atoms with Crippen LogP contribution in [0.1, 0.15) is 29.3 Å². The van der Waals surface area contributed by atoms with Gasteiger partial charge in [0.15, 0.2) is 0 Å². The van der Waals surface area contributed by atoms with E-state index in [9.17, 15) is 22.8 Å². The number of alkyl halides is 3. The Balaban J connectivity index is 2.39. The molecule has 0 bridgehead atoms. The van der Waals surface area contributed by atoms with Crippen LogP contribution in [0.4, 0.5) is 18.9 Å². The van der Waals surface area contributed by atoms with Crippen LogP contribution in [-0.4, -0.2) is 18.2 Å². The lowest BCUT2D eigenvalue weighted by molar-refractivity contribution is -0.137. The van der Waals surface area contributed by atoms with Crippen molar-refractivity contribution in [2.75, 3.05) is 11.4 Å². The Bertz CT molecular complexity index is 605. The van der Waals surface area contributed by atoms with Crippen molar-refractivity contribution in [3.8, 4) is 0 Å². The van der Waals surface area contributed by atoms with Gasteiger partial charge in [0.25, 0.3) is 11.7 Å². The molecule has 20 heavy (non-hydrogen) atoms. The second kappa shape index (κ2) is 4.77. The maximum absolute atomic E-state index is 12.6. The van der Waals surface area contributed by atoms with Crippen LogP contribution in [0.5, 0.6) is 0 Å². The smallest absolute Gasteiger partial charge is 0.304 e. The van der Waals surface area contributed by atoms with Crippen LogP contribution < -0.4 is 4.90 Å². The Morgan fingerprint density at radius 1 is 1.30 bits per heavy atom. The lowest BCUT2D eigenvalue weighted by Crippen LogP contribution is -2.30. The predicted octanol–water partition coefficient (Wildman–Crippen LogP) is 3.20. The molecule has 2 rings (SSSR count). The van der Waals surface area contributed by atoms with Gasteiger partial charge < -0.3 is 4.90 Å². The van der Waals surface area contributed by atoms with Gasteiger partial charge in [0.1, 0.15) is 0 Å². The van der Waals surface area contributed by atoms with Gasteiger partial charge in [0, 0.05) is 6.54 Å². The number of ketones is 1. The molecule has 1 aliphatic rings. The van der Waals surface area contributed by atoms with Crippen LogP contribution in [0.15, 0.2) is 30.4 Å². The second-order valence-electron chi connectivity index (χ2n) is 4.72. The molecule has 1 aromatic rings. The molecule has 0 spiro atoms.